The number of pyridine rings is 1. The first kappa shape index (κ1) is 16.0. The van der Waals surface area contributed by atoms with E-state index >= 15 is 0 Å². The average molecular weight is 286 g/mol. The van der Waals surface area contributed by atoms with Crippen LogP contribution in [0.3, 0.4) is 0 Å². The van der Waals surface area contributed by atoms with Gasteiger partial charge in [-0.05, 0) is 45.6 Å². The molecule has 0 atom stereocenters. The number of nitrogens with one attached hydrogen (secondary N) is 1. The molecule has 0 amide bonds. The average Bonchev–Trinajstić information content (AvgIpc) is 2.38. The second-order valence-electron chi connectivity index (χ2n) is 4.60. The smallest absolute Gasteiger partial charge is 0.242 e. The highest BCUT2D eigenvalue weighted by Gasteiger charge is 2.13. The van der Waals surface area contributed by atoms with Crippen LogP contribution in [0.5, 0.6) is 0 Å². The van der Waals surface area contributed by atoms with E-state index in [0.29, 0.717) is 18.8 Å². The third-order valence-corrected chi connectivity index (χ3v) is 4.09. The summed E-state index contributed by atoms with van der Waals surface area (Å²) < 4.78 is 26.4. The van der Waals surface area contributed by atoms with Crippen molar-refractivity contribution >= 4 is 10.0 Å². The van der Waals surface area contributed by atoms with Crippen molar-refractivity contribution in [1.29, 1.82) is 0 Å². The Morgan fingerprint density at radius 2 is 2.05 bits per heavy atom. The van der Waals surface area contributed by atoms with E-state index in [2.05, 4.69) is 14.6 Å². The second kappa shape index (κ2) is 7.54. The predicted octanol–water partition coefficient (Wildman–Crippen LogP) is 0.160. The maximum Gasteiger partial charge on any atom is 0.242 e. The Morgan fingerprint density at radius 3 is 2.58 bits per heavy atom. The highest BCUT2D eigenvalue weighted by atomic mass is 32.2. The zero-order chi connectivity index (χ0) is 14.3. The van der Waals surface area contributed by atoms with Gasteiger partial charge in [-0.3, -0.25) is 4.98 Å². The number of sulfonamides is 1. The second-order valence-corrected chi connectivity index (χ2v) is 6.36. The Morgan fingerprint density at radius 1 is 1.32 bits per heavy atom. The molecule has 1 aromatic heterocycles. The SMILES string of the molecule is CN(C)CCCCNS(=O)(=O)c1ccc(CN)nc1. The van der Waals surface area contributed by atoms with Crippen LogP contribution < -0.4 is 10.5 Å². The number of nitrogens with zero attached hydrogens (tertiary/aromatic N) is 2. The summed E-state index contributed by atoms with van der Waals surface area (Å²) in [6.07, 6.45) is 3.11. The molecular formula is C12H22N4O2S. The van der Waals surface area contributed by atoms with Gasteiger partial charge in [0.2, 0.25) is 10.0 Å². The molecule has 0 aliphatic rings. The zero-order valence-electron chi connectivity index (χ0n) is 11.5. The molecule has 3 N–H and O–H groups in total. The van der Waals surface area contributed by atoms with Crippen molar-refractivity contribution in [1.82, 2.24) is 14.6 Å². The summed E-state index contributed by atoms with van der Waals surface area (Å²) in [6.45, 7) is 1.70. The summed E-state index contributed by atoms with van der Waals surface area (Å²) in [7, 11) is 0.537. The van der Waals surface area contributed by atoms with E-state index in [4.69, 9.17) is 5.73 Å². The van der Waals surface area contributed by atoms with Gasteiger partial charge in [-0.25, -0.2) is 13.1 Å². The summed E-state index contributed by atoms with van der Waals surface area (Å²) in [6, 6.07) is 3.15. The van der Waals surface area contributed by atoms with E-state index < -0.39 is 10.0 Å². The molecular weight excluding hydrogens is 264 g/mol. The molecule has 1 aromatic rings. The summed E-state index contributed by atoms with van der Waals surface area (Å²) in [5, 5.41) is 0. The van der Waals surface area contributed by atoms with Crippen LogP contribution in [0.15, 0.2) is 23.2 Å². The minimum absolute atomic E-state index is 0.178. The van der Waals surface area contributed by atoms with Crippen LogP contribution in [0, 0.1) is 0 Å². The van der Waals surface area contributed by atoms with Crippen molar-refractivity contribution in [2.24, 2.45) is 5.73 Å². The number of unbranched alkanes of at least 4 members (excludes halogenated alkanes) is 1. The summed E-state index contributed by atoms with van der Waals surface area (Å²) in [5.41, 5.74) is 6.09. The predicted molar refractivity (Wildman–Crippen MR) is 75.1 cm³/mol. The topological polar surface area (TPSA) is 88.3 Å². The van der Waals surface area contributed by atoms with Gasteiger partial charge in [-0.1, -0.05) is 0 Å². The molecule has 1 heterocycles. The van der Waals surface area contributed by atoms with Crippen LogP contribution in [0.1, 0.15) is 18.5 Å². The lowest BCUT2D eigenvalue weighted by Gasteiger charge is -2.10. The molecule has 6 nitrogen and oxygen atoms in total. The lowest BCUT2D eigenvalue weighted by molar-refractivity contribution is 0.394. The van der Waals surface area contributed by atoms with Gasteiger partial charge in [0.15, 0.2) is 0 Å². The van der Waals surface area contributed by atoms with Gasteiger partial charge in [-0.15, -0.1) is 0 Å². The molecule has 108 valence electrons. The summed E-state index contributed by atoms with van der Waals surface area (Å²) in [4.78, 5) is 6.23. The third kappa shape index (κ3) is 5.65. The van der Waals surface area contributed by atoms with Crippen LogP contribution in [-0.2, 0) is 16.6 Å². The van der Waals surface area contributed by atoms with Gasteiger partial charge < -0.3 is 10.6 Å². The van der Waals surface area contributed by atoms with Crippen molar-refractivity contribution in [3.63, 3.8) is 0 Å². The molecule has 1 rings (SSSR count). The minimum atomic E-state index is -3.45. The van der Waals surface area contributed by atoms with E-state index in [9.17, 15) is 8.42 Å². The van der Waals surface area contributed by atoms with Gasteiger partial charge in [0.05, 0.1) is 5.69 Å². The molecule has 0 aromatic carbocycles. The first-order valence-corrected chi connectivity index (χ1v) is 7.73. The summed E-state index contributed by atoms with van der Waals surface area (Å²) in [5.74, 6) is 0. The maximum absolute atomic E-state index is 11.9. The standard InChI is InChI=1S/C12H22N4O2S/c1-16(2)8-4-3-7-15-19(17,18)12-6-5-11(9-13)14-10-12/h5-6,10,15H,3-4,7-9,13H2,1-2H3. The van der Waals surface area contributed by atoms with E-state index in [0.717, 1.165) is 19.4 Å². The van der Waals surface area contributed by atoms with E-state index in [1.165, 1.54) is 12.3 Å². The fourth-order valence-corrected chi connectivity index (χ4v) is 2.55. The normalized spacial score (nSPS) is 12.0. The van der Waals surface area contributed by atoms with E-state index in [1.54, 1.807) is 6.07 Å². The summed E-state index contributed by atoms with van der Waals surface area (Å²) >= 11 is 0. The van der Waals surface area contributed by atoms with Crippen LogP contribution in [0.4, 0.5) is 0 Å². The Kier molecular flexibility index (Phi) is 6.36. The van der Waals surface area contributed by atoms with Crippen molar-refractivity contribution in [2.75, 3.05) is 27.2 Å². The quantitative estimate of drug-likeness (QED) is 0.665. The fourth-order valence-electron chi connectivity index (χ4n) is 1.53. The molecule has 0 fully saturated rings. The first-order chi connectivity index (χ1) is 8.95. The molecule has 7 heteroatoms. The lowest BCUT2D eigenvalue weighted by atomic mass is 10.3. The van der Waals surface area contributed by atoms with Crippen LogP contribution in [0.25, 0.3) is 0 Å². The Bertz CT molecular complexity index is 471. The van der Waals surface area contributed by atoms with Gasteiger partial charge in [0.25, 0.3) is 0 Å². The molecule has 0 spiro atoms. The Balaban J connectivity index is 2.46. The maximum atomic E-state index is 11.9. The van der Waals surface area contributed by atoms with Crippen LogP contribution in [-0.4, -0.2) is 45.5 Å². The fraction of sp³-hybridized carbons (Fsp3) is 0.583. The van der Waals surface area contributed by atoms with Crippen molar-refractivity contribution in [2.45, 2.75) is 24.3 Å². The van der Waals surface area contributed by atoms with E-state index in [1.807, 2.05) is 14.1 Å². The van der Waals surface area contributed by atoms with Crippen molar-refractivity contribution in [3.05, 3.63) is 24.0 Å². The Labute approximate surface area is 115 Å². The molecule has 0 saturated carbocycles. The van der Waals surface area contributed by atoms with Crippen molar-refractivity contribution < 1.29 is 8.42 Å². The highest BCUT2D eigenvalue weighted by molar-refractivity contribution is 7.89. The largest absolute Gasteiger partial charge is 0.325 e. The number of nitrogens with two attached hydrogens (primary N) is 1. The third-order valence-electron chi connectivity index (χ3n) is 2.64. The molecule has 0 aliphatic carbocycles. The Hall–Kier alpha value is -1.02. The number of hydrogen-bond donors (Lipinski definition) is 2. The molecule has 0 radical (unpaired) electrons. The van der Waals surface area contributed by atoms with Gasteiger partial charge in [0.1, 0.15) is 4.90 Å². The number of aromatic nitrogens is 1. The number of rotatable bonds is 8. The lowest BCUT2D eigenvalue weighted by Crippen LogP contribution is -2.25. The molecule has 19 heavy (non-hydrogen) atoms. The molecule has 0 aliphatic heterocycles. The van der Waals surface area contributed by atoms with Crippen molar-refractivity contribution in [3.8, 4) is 0 Å². The van der Waals surface area contributed by atoms with E-state index in [-0.39, 0.29) is 4.90 Å². The highest BCUT2D eigenvalue weighted by Crippen LogP contribution is 2.07. The number of hydrogen-bond acceptors (Lipinski definition) is 5. The molecule has 0 unspecified atom stereocenters. The van der Waals surface area contributed by atoms with Crippen LogP contribution >= 0.6 is 0 Å². The monoisotopic (exact) mass is 286 g/mol. The van der Waals surface area contributed by atoms with Gasteiger partial charge in [-0.2, -0.15) is 0 Å². The molecule has 0 bridgehead atoms. The minimum Gasteiger partial charge on any atom is -0.325 e. The first-order valence-electron chi connectivity index (χ1n) is 6.25. The van der Waals surface area contributed by atoms with Gasteiger partial charge in [0, 0.05) is 19.3 Å². The van der Waals surface area contributed by atoms with Gasteiger partial charge >= 0.3 is 0 Å². The van der Waals surface area contributed by atoms with Crippen LogP contribution in [0.2, 0.25) is 0 Å². The zero-order valence-corrected chi connectivity index (χ0v) is 12.3. The molecule has 0 saturated heterocycles.